The van der Waals surface area contributed by atoms with Crippen LogP contribution >= 0.6 is 11.8 Å². The van der Waals surface area contributed by atoms with Crippen LogP contribution in [0.3, 0.4) is 0 Å². The van der Waals surface area contributed by atoms with Gasteiger partial charge in [-0.1, -0.05) is 18.2 Å². The highest BCUT2D eigenvalue weighted by Gasteiger charge is 2.48. The fraction of sp³-hybridized carbons (Fsp3) is 0.462. The summed E-state index contributed by atoms with van der Waals surface area (Å²) in [5.74, 6) is 1.03. The van der Waals surface area contributed by atoms with E-state index in [9.17, 15) is 4.79 Å². The molecule has 0 radical (unpaired) electrons. The second-order valence-corrected chi connectivity index (χ2v) is 5.57. The van der Waals surface area contributed by atoms with Crippen LogP contribution in [0.15, 0.2) is 35.2 Å². The van der Waals surface area contributed by atoms with Crippen LogP contribution in [0.1, 0.15) is 12.8 Å². The third-order valence-corrected chi connectivity index (χ3v) is 4.14. The Morgan fingerprint density at radius 1 is 1.35 bits per heavy atom. The van der Waals surface area contributed by atoms with E-state index in [1.807, 2.05) is 18.2 Å². The van der Waals surface area contributed by atoms with E-state index in [1.165, 1.54) is 4.90 Å². The van der Waals surface area contributed by atoms with Gasteiger partial charge in [0.2, 0.25) is 5.91 Å². The normalized spacial score (nSPS) is 16.5. The van der Waals surface area contributed by atoms with Crippen molar-refractivity contribution in [2.75, 3.05) is 18.8 Å². The highest BCUT2D eigenvalue weighted by molar-refractivity contribution is 7.99. The Morgan fingerprint density at radius 2 is 2.06 bits per heavy atom. The summed E-state index contributed by atoms with van der Waals surface area (Å²) in [5.41, 5.74) is 5.37. The summed E-state index contributed by atoms with van der Waals surface area (Å²) in [6, 6.07) is 10.2. The molecule has 1 aliphatic carbocycles. The average Bonchev–Trinajstić information content (AvgIpc) is 3.17. The summed E-state index contributed by atoms with van der Waals surface area (Å²) in [5, 5.41) is 2.97. The predicted molar refractivity (Wildman–Crippen MR) is 70.9 cm³/mol. The van der Waals surface area contributed by atoms with Crippen LogP contribution in [-0.2, 0) is 4.79 Å². The van der Waals surface area contributed by atoms with E-state index in [0.29, 0.717) is 13.1 Å². The number of hydrogen-bond acceptors (Lipinski definition) is 3. The summed E-state index contributed by atoms with van der Waals surface area (Å²) in [6.07, 6.45) is 1.89. The van der Waals surface area contributed by atoms with Gasteiger partial charge in [0, 0.05) is 23.7 Å². The molecule has 1 aromatic carbocycles. The lowest BCUT2D eigenvalue weighted by molar-refractivity contribution is -0.125. The van der Waals surface area contributed by atoms with Crippen molar-refractivity contribution in [3.8, 4) is 0 Å². The molecule has 1 fully saturated rings. The number of benzene rings is 1. The van der Waals surface area contributed by atoms with E-state index >= 15 is 0 Å². The topological polar surface area (TPSA) is 55.1 Å². The molecule has 1 saturated carbocycles. The Labute approximate surface area is 106 Å². The minimum atomic E-state index is -0.225. The summed E-state index contributed by atoms with van der Waals surface area (Å²) in [7, 11) is 0. The van der Waals surface area contributed by atoms with E-state index in [0.717, 1.165) is 18.6 Å². The summed E-state index contributed by atoms with van der Waals surface area (Å²) >= 11 is 1.76. The molecule has 92 valence electrons. The largest absolute Gasteiger partial charge is 0.355 e. The first kappa shape index (κ1) is 12.5. The maximum Gasteiger partial charge on any atom is 0.227 e. The monoisotopic (exact) mass is 250 g/mol. The first-order chi connectivity index (χ1) is 8.27. The molecule has 0 saturated heterocycles. The van der Waals surface area contributed by atoms with Crippen molar-refractivity contribution < 1.29 is 4.79 Å². The van der Waals surface area contributed by atoms with Crippen molar-refractivity contribution in [1.82, 2.24) is 5.32 Å². The van der Waals surface area contributed by atoms with Crippen molar-refractivity contribution in [2.45, 2.75) is 17.7 Å². The van der Waals surface area contributed by atoms with E-state index < -0.39 is 0 Å². The molecule has 0 aromatic heterocycles. The third kappa shape index (κ3) is 3.23. The Hall–Kier alpha value is -1.00. The minimum Gasteiger partial charge on any atom is -0.355 e. The molecule has 3 nitrogen and oxygen atoms in total. The van der Waals surface area contributed by atoms with Gasteiger partial charge in [0.25, 0.3) is 0 Å². The van der Waals surface area contributed by atoms with Crippen molar-refractivity contribution in [2.24, 2.45) is 11.1 Å². The number of thioether (sulfide) groups is 1. The summed E-state index contributed by atoms with van der Waals surface area (Å²) in [4.78, 5) is 13.0. The lowest BCUT2D eigenvalue weighted by atomic mass is 10.1. The van der Waals surface area contributed by atoms with Gasteiger partial charge < -0.3 is 11.1 Å². The molecule has 0 spiro atoms. The third-order valence-electron chi connectivity index (χ3n) is 3.13. The highest BCUT2D eigenvalue weighted by atomic mass is 32.2. The van der Waals surface area contributed by atoms with Crippen molar-refractivity contribution in [3.63, 3.8) is 0 Å². The number of amides is 1. The van der Waals surface area contributed by atoms with E-state index in [-0.39, 0.29) is 11.3 Å². The molecule has 0 aliphatic heterocycles. The number of hydrogen-bond donors (Lipinski definition) is 2. The molecule has 0 atom stereocenters. The van der Waals surface area contributed by atoms with Gasteiger partial charge in [0.1, 0.15) is 0 Å². The lowest BCUT2D eigenvalue weighted by Crippen LogP contribution is -2.37. The SMILES string of the molecule is NCC1(C(=O)NCCSc2ccccc2)CC1. The zero-order valence-corrected chi connectivity index (χ0v) is 10.6. The number of nitrogens with one attached hydrogen (secondary N) is 1. The lowest BCUT2D eigenvalue weighted by Gasteiger charge is -2.12. The zero-order valence-electron chi connectivity index (χ0n) is 9.82. The molecule has 0 bridgehead atoms. The minimum absolute atomic E-state index is 0.133. The fourth-order valence-electron chi connectivity index (χ4n) is 1.71. The second-order valence-electron chi connectivity index (χ2n) is 4.40. The summed E-state index contributed by atoms with van der Waals surface area (Å²) < 4.78 is 0. The standard InChI is InChI=1S/C13H18N2OS/c14-10-13(6-7-13)12(16)15-8-9-17-11-4-2-1-3-5-11/h1-5H,6-10,14H2,(H,15,16). The molecule has 0 heterocycles. The quantitative estimate of drug-likeness (QED) is 0.596. The Morgan fingerprint density at radius 3 is 2.65 bits per heavy atom. The van der Waals surface area contributed by atoms with E-state index in [1.54, 1.807) is 11.8 Å². The molecule has 1 aromatic rings. The second kappa shape index (κ2) is 5.56. The summed E-state index contributed by atoms with van der Waals surface area (Å²) in [6.45, 7) is 1.19. The van der Waals surface area contributed by atoms with Gasteiger partial charge in [-0.05, 0) is 25.0 Å². The fourth-order valence-corrected chi connectivity index (χ4v) is 2.50. The molecular weight excluding hydrogens is 232 g/mol. The van der Waals surface area contributed by atoms with Gasteiger partial charge in [0.15, 0.2) is 0 Å². The number of carbonyl (C=O) groups is 1. The van der Waals surface area contributed by atoms with Crippen LogP contribution in [0.5, 0.6) is 0 Å². The predicted octanol–water partition coefficient (Wildman–Crippen LogP) is 1.63. The number of carbonyl (C=O) groups excluding carboxylic acids is 1. The van der Waals surface area contributed by atoms with Gasteiger partial charge in [-0.15, -0.1) is 11.8 Å². The molecule has 2 rings (SSSR count). The van der Waals surface area contributed by atoms with E-state index in [2.05, 4.69) is 17.4 Å². The van der Waals surface area contributed by atoms with Gasteiger partial charge >= 0.3 is 0 Å². The highest BCUT2D eigenvalue weighted by Crippen LogP contribution is 2.44. The van der Waals surface area contributed by atoms with E-state index in [4.69, 9.17) is 5.73 Å². The van der Waals surface area contributed by atoms with Crippen molar-refractivity contribution >= 4 is 17.7 Å². The Balaban J connectivity index is 1.65. The van der Waals surface area contributed by atoms with Crippen LogP contribution in [0.4, 0.5) is 0 Å². The maximum atomic E-state index is 11.8. The molecule has 4 heteroatoms. The van der Waals surface area contributed by atoms with Gasteiger partial charge in [0.05, 0.1) is 5.41 Å². The zero-order chi connectivity index (χ0) is 12.1. The Bertz CT molecular complexity index is 376. The molecule has 1 aliphatic rings. The molecule has 1 amide bonds. The van der Waals surface area contributed by atoms with Crippen LogP contribution < -0.4 is 11.1 Å². The molecule has 17 heavy (non-hydrogen) atoms. The van der Waals surface area contributed by atoms with Gasteiger partial charge in [-0.2, -0.15) is 0 Å². The smallest absolute Gasteiger partial charge is 0.227 e. The van der Waals surface area contributed by atoms with Crippen LogP contribution in [0, 0.1) is 5.41 Å². The van der Waals surface area contributed by atoms with Crippen molar-refractivity contribution in [3.05, 3.63) is 30.3 Å². The first-order valence-corrected chi connectivity index (χ1v) is 6.92. The Kier molecular flexibility index (Phi) is 4.07. The number of nitrogens with two attached hydrogens (primary N) is 1. The van der Waals surface area contributed by atoms with Gasteiger partial charge in [-0.3, -0.25) is 4.79 Å². The molecular formula is C13H18N2OS. The van der Waals surface area contributed by atoms with Crippen molar-refractivity contribution in [1.29, 1.82) is 0 Å². The maximum absolute atomic E-state index is 11.8. The van der Waals surface area contributed by atoms with Crippen LogP contribution in [0.2, 0.25) is 0 Å². The molecule has 0 unspecified atom stereocenters. The first-order valence-electron chi connectivity index (χ1n) is 5.93. The average molecular weight is 250 g/mol. The van der Waals surface area contributed by atoms with Crippen LogP contribution in [-0.4, -0.2) is 24.7 Å². The number of rotatable bonds is 6. The van der Waals surface area contributed by atoms with Gasteiger partial charge in [-0.25, -0.2) is 0 Å². The molecule has 3 N–H and O–H groups in total. The van der Waals surface area contributed by atoms with Crippen LogP contribution in [0.25, 0.3) is 0 Å².